The van der Waals surface area contributed by atoms with E-state index in [4.69, 9.17) is 14.2 Å². The van der Waals surface area contributed by atoms with Crippen LogP contribution >= 0.6 is 0 Å². The Hall–Kier alpha value is -3.59. The van der Waals surface area contributed by atoms with Gasteiger partial charge in [-0.1, -0.05) is 12.1 Å². The molecule has 0 radical (unpaired) electrons. The van der Waals surface area contributed by atoms with Crippen LogP contribution in [0.25, 0.3) is 0 Å². The van der Waals surface area contributed by atoms with Crippen LogP contribution in [-0.2, 0) is 9.53 Å². The highest BCUT2D eigenvalue weighted by atomic mass is 16.5. The first-order valence-electron chi connectivity index (χ1n) is 9.29. The Morgan fingerprint density at radius 2 is 1.43 bits per heavy atom. The Morgan fingerprint density at radius 1 is 0.867 bits per heavy atom. The van der Waals surface area contributed by atoms with Crippen LogP contribution in [0.1, 0.15) is 11.1 Å². The van der Waals surface area contributed by atoms with E-state index in [1.807, 2.05) is 0 Å². The lowest BCUT2D eigenvalue weighted by Crippen LogP contribution is -2.21. The number of nitrogens with zero attached hydrogens (tertiary/aromatic N) is 2. The lowest BCUT2D eigenvalue weighted by molar-refractivity contribution is -0.138. The van der Waals surface area contributed by atoms with E-state index in [1.54, 1.807) is 36.4 Å². The second-order valence-electron chi connectivity index (χ2n) is 6.32. The summed E-state index contributed by atoms with van der Waals surface area (Å²) in [5.41, 5.74) is 0.707. The van der Waals surface area contributed by atoms with Gasteiger partial charge < -0.3 is 29.5 Å². The molecule has 1 aliphatic rings. The van der Waals surface area contributed by atoms with Crippen molar-refractivity contribution >= 4 is 18.4 Å². The maximum atomic E-state index is 11.5. The van der Waals surface area contributed by atoms with Gasteiger partial charge in [0.2, 0.25) is 0 Å². The number of rotatable bonds is 1. The number of para-hydroxylation sites is 2. The highest BCUT2D eigenvalue weighted by Gasteiger charge is 2.16. The van der Waals surface area contributed by atoms with Gasteiger partial charge in [0.15, 0.2) is 29.0 Å². The molecular weight excluding hydrogens is 392 g/mol. The summed E-state index contributed by atoms with van der Waals surface area (Å²) < 4.78 is 16.5. The Kier molecular flexibility index (Phi) is 7.23. The quantitative estimate of drug-likeness (QED) is 0.649. The third-order valence-corrected chi connectivity index (χ3v) is 4.22. The standard InChI is InChI=1S/C21H22N2O7/c24-19-14-3-1-5-17(19)29-9-7-28-8-10-30-18-6-2-4-15(20(18)25)12-23-16(21(26)27)13-22-11-14/h1-6,11-12,16,24-25H,7-10,13H2,(H,26,27). The molecule has 1 heterocycles. The highest BCUT2D eigenvalue weighted by Crippen LogP contribution is 2.29. The molecule has 3 N–H and O–H groups in total. The summed E-state index contributed by atoms with van der Waals surface area (Å²) >= 11 is 0. The molecule has 0 aromatic heterocycles. The van der Waals surface area contributed by atoms with Gasteiger partial charge in [0.1, 0.15) is 13.2 Å². The number of ether oxygens (including phenoxy) is 3. The van der Waals surface area contributed by atoms with Crippen LogP contribution in [-0.4, -0.2) is 72.7 Å². The second kappa shape index (κ2) is 10.3. The molecule has 0 fully saturated rings. The first kappa shape index (κ1) is 21.1. The van der Waals surface area contributed by atoms with Crippen LogP contribution in [0, 0.1) is 0 Å². The van der Waals surface area contributed by atoms with Crippen molar-refractivity contribution in [1.82, 2.24) is 0 Å². The van der Waals surface area contributed by atoms with Crippen LogP contribution in [0.3, 0.4) is 0 Å². The minimum atomic E-state index is -1.17. The number of carbonyl (C=O) groups is 1. The largest absolute Gasteiger partial charge is 0.504 e. The number of hydrogen-bond acceptors (Lipinski definition) is 8. The molecule has 158 valence electrons. The number of aliphatic carboxylic acids is 1. The Bertz CT molecular complexity index is 943. The molecule has 0 saturated carbocycles. The number of phenols is 2. The third kappa shape index (κ3) is 5.48. The van der Waals surface area contributed by atoms with E-state index in [0.717, 1.165) is 0 Å². The fourth-order valence-electron chi connectivity index (χ4n) is 2.65. The number of fused-ring (bicyclic) bond motifs is 4. The molecule has 0 spiro atoms. The molecule has 2 aromatic rings. The minimum absolute atomic E-state index is 0.0983. The molecule has 9 nitrogen and oxygen atoms in total. The smallest absolute Gasteiger partial charge is 0.330 e. The summed E-state index contributed by atoms with van der Waals surface area (Å²) in [5, 5.41) is 30.1. The first-order valence-corrected chi connectivity index (χ1v) is 9.29. The van der Waals surface area contributed by atoms with E-state index >= 15 is 0 Å². The van der Waals surface area contributed by atoms with Crippen LogP contribution in [0.2, 0.25) is 0 Å². The van der Waals surface area contributed by atoms with Gasteiger partial charge in [-0.3, -0.25) is 9.98 Å². The zero-order valence-electron chi connectivity index (χ0n) is 16.1. The molecule has 0 saturated heterocycles. The summed E-state index contributed by atoms with van der Waals surface area (Å²) in [6, 6.07) is 8.61. The number of phenolic OH excluding ortho intramolecular Hbond substituents is 2. The number of carboxylic acids is 1. The van der Waals surface area contributed by atoms with Gasteiger partial charge in [-0.15, -0.1) is 0 Å². The molecule has 3 rings (SSSR count). The predicted octanol–water partition coefficient (Wildman–Crippen LogP) is 1.88. The van der Waals surface area contributed by atoms with Crippen LogP contribution < -0.4 is 9.47 Å². The number of aromatic hydroxyl groups is 2. The summed E-state index contributed by atoms with van der Waals surface area (Å²) in [4.78, 5) is 19.6. The number of benzene rings is 2. The van der Waals surface area contributed by atoms with Gasteiger partial charge in [-0.2, -0.15) is 0 Å². The molecule has 1 atom stereocenters. The second-order valence-corrected chi connectivity index (χ2v) is 6.32. The third-order valence-electron chi connectivity index (χ3n) is 4.22. The SMILES string of the molecule is O=C(O)C1CN=Cc2cccc(c2O)OCCOCCOc2cccc(c2O)C=N1. The van der Waals surface area contributed by atoms with Crippen molar-refractivity contribution in [3.8, 4) is 23.0 Å². The van der Waals surface area contributed by atoms with E-state index in [0.29, 0.717) is 11.1 Å². The van der Waals surface area contributed by atoms with Gasteiger partial charge in [-0.05, 0) is 24.3 Å². The van der Waals surface area contributed by atoms with Crippen molar-refractivity contribution in [1.29, 1.82) is 0 Å². The van der Waals surface area contributed by atoms with Crippen molar-refractivity contribution in [2.45, 2.75) is 6.04 Å². The van der Waals surface area contributed by atoms with Crippen molar-refractivity contribution in [3.05, 3.63) is 47.5 Å². The van der Waals surface area contributed by atoms with Crippen molar-refractivity contribution < 1.29 is 34.3 Å². The fraction of sp³-hybridized carbons (Fsp3) is 0.286. The molecular formula is C21H22N2O7. The maximum Gasteiger partial charge on any atom is 0.330 e. The molecule has 1 unspecified atom stereocenters. The average molecular weight is 414 g/mol. The van der Waals surface area contributed by atoms with Crippen molar-refractivity contribution in [2.24, 2.45) is 9.98 Å². The summed E-state index contributed by atoms with van der Waals surface area (Å²) in [5.74, 6) is -0.900. The zero-order chi connectivity index (χ0) is 21.3. The fourth-order valence-corrected chi connectivity index (χ4v) is 2.65. The zero-order valence-corrected chi connectivity index (χ0v) is 16.1. The van der Waals surface area contributed by atoms with E-state index < -0.39 is 12.0 Å². The lowest BCUT2D eigenvalue weighted by Gasteiger charge is -2.11. The number of hydrogen-bond donors (Lipinski definition) is 3. The molecule has 9 heteroatoms. The monoisotopic (exact) mass is 414 g/mol. The topological polar surface area (TPSA) is 130 Å². The minimum Gasteiger partial charge on any atom is -0.504 e. The molecule has 0 amide bonds. The van der Waals surface area contributed by atoms with Crippen LogP contribution in [0.15, 0.2) is 46.4 Å². The molecule has 1 aliphatic heterocycles. The average Bonchev–Trinajstić information content (AvgIpc) is 2.72. The Labute approximate surface area is 172 Å². The maximum absolute atomic E-state index is 11.5. The lowest BCUT2D eigenvalue weighted by atomic mass is 10.2. The van der Waals surface area contributed by atoms with Crippen LogP contribution in [0.4, 0.5) is 0 Å². The van der Waals surface area contributed by atoms with E-state index in [1.165, 1.54) is 12.4 Å². The van der Waals surface area contributed by atoms with Gasteiger partial charge in [-0.25, -0.2) is 4.79 Å². The molecule has 2 aromatic carbocycles. The van der Waals surface area contributed by atoms with Crippen molar-refractivity contribution in [2.75, 3.05) is 33.0 Å². The molecule has 4 bridgehead atoms. The highest BCUT2D eigenvalue weighted by molar-refractivity contribution is 5.88. The number of aliphatic imine (C=N–C) groups is 2. The van der Waals surface area contributed by atoms with Gasteiger partial charge >= 0.3 is 5.97 Å². The molecule has 0 aliphatic carbocycles. The van der Waals surface area contributed by atoms with Crippen molar-refractivity contribution in [3.63, 3.8) is 0 Å². The van der Waals surface area contributed by atoms with E-state index in [9.17, 15) is 20.1 Å². The number of carboxylic acid groups (broad SMARTS) is 1. The van der Waals surface area contributed by atoms with E-state index in [-0.39, 0.29) is 56.0 Å². The summed E-state index contributed by atoms with van der Waals surface area (Å²) in [6.07, 6.45) is 2.64. The summed E-state index contributed by atoms with van der Waals surface area (Å²) in [7, 11) is 0. The molecule has 30 heavy (non-hydrogen) atoms. The van der Waals surface area contributed by atoms with Gasteiger partial charge in [0.25, 0.3) is 0 Å². The van der Waals surface area contributed by atoms with Gasteiger partial charge in [0.05, 0.1) is 19.8 Å². The Balaban J connectivity index is 1.87. The van der Waals surface area contributed by atoms with Crippen LogP contribution in [0.5, 0.6) is 23.0 Å². The van der Waals surface area contributed by atoms with Gasteiger partial charge in [0, 0.05) is 23.6 Å². The van der Waals surface area contributed by atoms with E-state index in [2.05, 4.69) is 9.98 Å². The first-order chi connectivity index (χ1) is 14.6. The normalized spacial score (nSPS) is 17.7. The Morgan fingerprint density at radius 3 is 2.00 bits per heavy atom. The predicted molar refractivity (Wildman–Crippen MR) is 110 cm³/mol. The summed E-state index contributed by atoms with van der Waals surface area (Å²) in [6.45, 7) is 0.798.